The monoisotopic (exact) mass is 380 g/mol. The normalized spacial score (nSPS) is 14.5. The maximum Gasteiger partial charge on any atom is 0.335 e. The first kappa shape index (κ1) is 19.6. The summed E-state index contributed by atoms with van der Waals surface area (Å²) < 4.78 is 0. The molecule has 2 amide bonds. The maximum absolute atomic E-state index is 12.9. The van der Waals surface area contributed by atoms with E-state index in [1.807, 2.05) is 30.3 Å². The van der Waals surface area contributed by atoms with Crippen molar-refractivity contribution in [1.29, 1.82) is 0 Å². The summed E-state index contributed by atoms with van der Waals surface area (Å²) in [6.07, 6.45) is 2.27. The standard InChI is InChI=1S/C22H24N2O4/c25-20(15-17-10-4-5-11-18(17)22(27)28)23-19(14-16-8-2-1-3-9-16)21(26)24-12-6-7-13-24/h1-5,8-11,19H,6-7,12-15H2,(H,23,25)(H,27,28). The van der Waals surface area contributed by atoms with Crippen LogP contribution in [0.5, 0.6) is 0 Å². The van der Waals surface area contributed by atoms with Crippen molar-refractivity contribution in [3.05, 3.63) is 71.3 Å². The molecule has 1 aliphatic rings. The zero-order valence-corrected chi connectivity index (χ0v) is 15.6. The van der Waals surface area contributed by atoms with Crippen molar-refractivity contribution in [2.45, 2.75) is 31.7 Å². The number of amides is 2. The van der Waals surface area contributed by atoms with Gasteiger partial charge in [-0.1, -0.05) is 48.5 Å². The van der Waals surface area contributed by atoms with E-state index in [2.05, 4.69) is 5.32 Å². The number of hydrogen-bond donors (Lipinski definition) is 2. The zero-order chi connectivity index (χ0) is 19.9. The van der Waals surface area contributed by atoms with Crippen molar-refractivity contribution < 1.29 is 19.5 Å². The van der Waals surface area contributed by atoms with E-state index in [4.69, 9.17) is 0 Å². The summed E-state index contributed by atoms with van der Waals surface area (Å²) in [4.78, 5) is 38.7. The number of carboxylic acids is 1. The summed E-state index contributed by atoms with van der Waals surface area (Å²) in [5.41, 5.74) is 1.49. The average Bonchev–Trinajstić information content (AvgIpc) is 3.23. The SMILES string of the molecule is O=C(Cc1ccccc1C(=O)O)NC(Cc1ccccc1)C(=O)N1CCCC1. The lowest BCUT2D eigenvalue weighted by molar-refractivity contribution is -0.135. The fourth-order valence-corrected chi connectivity index (χ4v) is 3.51. The van der Waals surface area contributed by atoms with Crippen LogP contribution in [-0.4, -0.2) is 46.9 Å². The van der Waals surface area contributed by atoms with Gasteiger partial charge in [-0.2, -0.15) is 0 Å². The predicted octanol–water partition coefficient (Wildman–Crippen LogP) is 2.28. The Kier molecular flexibility index (Phi) is 6.42. The number of nitrogens with one attached hydrogen (secondary N) is 1. The molecule has 3 rings (SSSR count). The molecule has 0 saturated carbocycles. The summed E-state index contributed by atoms with van der Waals surface area (Å²) in [6.45, 7) is 1.42. The molecule has 1 saturated heterocycles. The van der Waals surface area contributed by atoms with Crippen LogP contribution in [0.15, 0.2) is 54.6 Å². The molecule has 146 valence electrons. The van der Waals surface area contributed by atoms with Crippen LogP contribution in [0.3, 0.4) is 0 Å². The highest BCUT2D eigenvalue weighted by Gasteiger charge is 2.28. The molecule has 2 aromatic carbocycles. The lowest BCUT2D eigenvalue weighted by Crippen LogP contribution is -2.49. The van der Waals surface area contributed by atoms with Gasteiger partial charge in [0.2, 0.25) is 11.8 Å². The van der Waals surface area contributed by atoms with Gasteiger partial charge in [-0.05, 0) is 30.0 Å². The summed E-state index contributed by atoms with van der Waals surface area (Å²) in [7, 11) is 0. The summed E-state index contributed by atoms with van der Waals surface area (Å²) in [5.74, 6) is -1.51. The van der Waals surface area contributed by atoms with Crippen molar-refractivity contribution in [2.24, 2.45) is 0 Å². The number of aromatic carboxylic acids is 1. The lowest BCUT2D eigenvalue weighted by atomic mass is 10.0. The fraction of sp³-hybridized carbons (Fsp3) is 0.318. The maximum atomic E-state index is 12.9. The van der Waals surface area contributed by atoms with E-state index < -0.39 is 12.0 Å². The molecule has 28 heavy (non-hydrogen) atoms. The molecular weight excluding hydrogens is 356 g/mol. The van der Waals surface area contributed by atoms with Gasteiger partial charge >= 0.3 is 5.97 Å². The van der Waals surface area contributed by atoms with Gasteiger partial charge in [0, 0.05) is 19.5 Å². The highest BCUT2D eigenvalue weighted by molar-refractivity contribution is 5.93. The minimum atomic E-state index is -1.07. The van der Waals surface area contributed by atoms with Gasteiger partial charge in [-0.25, -0.2) is 4.79 Å². The molecule has 1 aliphatic heterocycles. The number of nitrogens with zero attached hydrogens (tertiary/aromatic N) is 1. The van der Waals surface area contributed by atoms with Crippen LogP contribution in [0.4, 0.5) is 0 Å². The Morgan fingerprint density at radius 1 is 0.964 bits per heavy atom. The topological polar surface area (TPSA) is 86.7 Å². The number of hydrogen-bond acceptors (Lipinski definition) is 3. The number of carbonyl (C=O) groups is 3. The molecule has 0 aromatic heterocycles. The molecule has 0 spiro atoms. The number of rotatable bonds is 7. The number of benzene rings is 2. The Morgan fingerprint density at radius 3 is 2.29 bits per heavy atom. The van der Waals surface area contributed by atoms with E-state index in [0.717, 1.165) is 18.4 Å². The third kappa shape index (κ3) is 4.97. The Morgan fingerprint density at radius 2 is 1.61 bits per heavy atom. The van der Waals surface area contributed by atoms with Crippen LogP contribution in [0.25, 0.3) is 0 Å². The molecule has 1 atom stereocenters. The van der Waals surface area contributed by atoms with Gasteiger partial charge in [-0.15, -0.1) is 0 Å². The van der Waals surface area contributed by atoms with Crippen molar-refractivity contribution in [2.75, 3.05) is 13.1 Å². The van der Waals surface area contributed by atoms with Crippen molar-refractivity contribution in [3.63, 3.8) is 0 Å². The highest BCUT2D eigenvalue weighted by atomic mass is 16.4. The average molecular weight is 380 g/mol. The number of likely N-dealkylation sites (tertiary alicyclic amines) is 1. The van der Waals surface area contributed by atoms with Crippen molar-refractivity contribution >= 4 is 17.8 Å². The van der Waals surface area contributed by atoms with Crippen LogP contribution in [-0.2, 0) is 22.4 Å². The van der Waals surface area contributed by atoms with E-state index in [-0.39, 0.29) is 23.8 Å². The van der Waals surface area contributed by atoms with Crippen molar-refractivity contribution in [1.82, 2.24) is 10.2 Å². The molecule has 2 aromatic rings. The molecule has 1 heterocycles. The summed E-state index contributed by atoms with van der Waals surface area (Å²) in [6, 6.07) is 15.3. The van der Waals surface area contributed by atoms with Gasteiger partial charge < -0.3 is 15.3 Å². The number of carboxylic acid groups (broad SMARTS) is 1. The molecule has 1 unspecified atom stereocenters. The van der Waals surface area contributed by atoms with E-state index in [0.29, 0.717) is 25.1 Å². The summed E-state index contributed by atoms with van der Waals surface area (Å²) in [5, 5.41) is 12.1. The minimum Gasteiger partial charge on any atom is -0.478 e. The smallest absolute Gasteiger partial charge is 0.335 e. The van der Waals surface area contributed by atoms with Gasteiger partial charge in [0.05, 0.1) is 12.0 Å². The molecule has 0 bridgehead atoms. The Hall–Kier alpha value is -3.15. The second-order valence-corrected chi connectivity index (χ2v) is 6.98. The third-order valence-electron chi connectivity index (χ3n) is 4.93. The van der Waals surface area contributed by atoms with Crippen LogP contribution < -0.4 is 5.32 Å². The molecular formula is C22H24N2O4. The summed E-state index contributed by atoms with van der Waals surface area (Å²) >= 11 is 0. The molecule has 2 N–H and O–H groups in total. The molecule has 6 nitrogen and oxygen atoms in total. The first-order valence-electron chi connectivity index (χ1n) is 9.48. The van der Waals surface area contributed by atoms with Gasteiger partial charge in [0.15, 0.2) is 0 Å². The van der Waals surface area contributed by atoms with Gasteiger partial charge in [-0.3, -0.25) is 9.59 Å². The van der Waals surface area contributed by atoms with Gasteiger partial charge in [0.1, 0.15) is 6.04 Å². The Balaban J connectivity index is 1.74. The first-order valence-corrected chi connectivity index (χ1v) is 9.48. The quantitative estimate of drug-likeness (QED) is 0.772. The predicted molar refractivity (Wildman–Crippen MR) is 105 cm³/mol. The molecule has 6 heteroatoms. The number of carbonyl (C=O) groups excluding carboxylic acids is 2. The van der Waals surface area contributed by atoms with E-state index in [9.17, 15) is 19.5 Å². The van der Waals surface area contributed by atoms with E-state index in [1.54, 1.807) is 23.1 Å². The van der Waals surface area contributed by atoms with Crippen LogP contribution in [0.1, 0.15) is 34.3 Å². The lowest BCUT2D eigenvalue weighted by Gasteiger charge is -2.24. The second-order valence-electron chi connectivity index (χ2n) is 6.98. The largest absolute Gasteiger partial charge is 0.478 e. The third-order valence-corrected chi connectivity index (χ3v) is 4.93. The Labute approximate surface area is 164 Å². The second kappa shape index (κ2) is 9.17. The first-order chi connectivity index (χ1) is 13.5. The van der Waals surface area contributed by atoms with Crippen LogP contribution in [0.2, 0.25) is 0 Å². The van der Waals surface area contributed by atoms with Crippen LogP contribution >= 0.6 is 0 Å². The van der Waals surface area contributed by atoms with E-state index in [1.165, 1.54) is 6.07 Å². The van der Waals surface area contributed by atoms with Crippen molar-refractivity contribution in [3.8, 4) is 0 Å². The molecule has 0 aliphatic carbocycles. The zero-order valence-electron chi connectivity index (χ0n) is 15.6. The molecule has 0 radical (unpaired) electrons. The molecule has 1 fully saturated rings. The Bertz CT molecular complexity index is 845. The minimum absolute atomic E-state index is 0.0822. The van der Waals surface area contributed by atoms with Gasteiger partial charge in [0.25, 0.3) is 0 Å². The van der Waals surface area contributed by atoms with Crippen LogP contribution in [0, 0.1) is 0 Å². The highest BCUT2D eigenvalue weighted by Crippen LogP contribution is 2.14. The van der Waals surface area contributed by atoms with E-state index >= 15 is 0 Å². The fourth-order valence-electron chi connectivity index (χ4n) is 3.51.